The van der Waals surface area contributed by atoms with Crippen LogP contribution in [-0.4, -0.2) is 41.8 Å². The maximum atomic E-state index is 13.3. The van der Waals surface area contributed by atoms with Crippen LogP contribution in [-0.2, 0) is 27.2 Å². The van der Waals surface area contributed by atoms with Crippen molar-refractivity contribution in [2.45, 2.75) is 38.8 Å². The molecule has 1 heterocycles. The monoisotopic (exact) mass is 447 g/mol. The van der Waals surface area contributed by atoms with Crippen LogP contribution in [0.4, 0.5) is 13.2 Å². The fraction of sp³-hybridized carbons (Fsp3) is 0.348. The summed E-state index contributed by atoms with van der Waals surface area (Å²) >= 11 is 0. The van der Waals surface area contributed by atoms with Gasteiger partial charge in [0.25, 0.3) is 0 Å². The van der Waals surface area contributed by atoms with E-state index < -0.39 is 47.8 Å². The molecule has 1 aliphatic rings. The number of likely N-dealkylation sites (N-methyl/N-ethyl adjacent to an activating group) is 1. The number of rotatable bonds is 6. The van der Waals surface area contributed by atoms with Crippen molar-refractivity contribution >= 4 is 17.7 Å². The first kappa shape index (κ1) is 23.3. The minimum absolute atomic E-state index is 0.0713. The first-order valence-corrected chi connectivity index (χ1v) is 10.3. The number of fused-ring (bicyclic) bond motifs is 1. The van der Waals surface area contributed by atoms with Gasteiger partial charge in [0.05, 0.1) is 6.42 Å². The van der Waals surface area contributed by atoms with E-state index in [1.54, 1.807) is 17.0 Å². The molecule has 6 nitrogen and oxygen atoms in total. The summed E-state index contributed by atoms with van der Waals surface area (Å²) in [6.45, 7) is 4.33. The zero-order valence-corrected chi connectivity index (χ0v) is 17.8. The third-order valence-corrected chi connectivity index (χ3v) is 5.42. The van der Waals surface area contributed by atoms with Gasteiger partial charge in [-0.3, -0.25) is 14.4 Å². The number of nitrogens with zero attached hydrogens (tertiary/aromatic N) is 1. The van der Waals surface area contributed by atoms with Crippen molar-refractivity contribution in [1.82, 2.24) is 15.5 Å². The van der Waals surface area contributed by atoms with Crippen LogP contribution in [0.2, 0.25) is 0 Å². The normalized spacial score (nSPS) is 16.7. The minimum Gasteiger partial charge on any atom is -0.344 e. The van der Waals surface area contributed by atoms with Crippen LogP contribution >= 0.6 is 0 Å². The number of halogens is 3. The summed E-state index contributed by atoms with van der Waals surface area (Å²) in [5.41, 5.74) is 1.59. The molecule has 0 saturated carbocycles. The van der Waals surface area contributed by atoms with Gasteiger partial charge in [0.15, 0.2) is 17.5 Å². The van der Waals surface area contributed by atoms with Gasteiger partial charge in [-0.25, -0.2) is 13.2 Å². The zero-order chi connectivity index (χ0) is 23.4. The van der Waals surface area contributed by atoms with Gasteiger partial charge in [-0.15, -0.1) is 0 Å². The van der Waals surface area contributed by atoms with E-state index in [9.17, 15) is 27.6 Å². The number of nitrogens with one attached hydrogen (secondary N) is 2. The lowest BCUT2D eigenvalue weighted by atomic mass is 9.99. The van der Waals surface area contributed by atoms with E-state index in [-0.39, 0.29) is 11.5 Å². The van der Waals surface area contributed by atoms with Crippen LogP contribution in [0.5, 0.6) is 0 Å². The molecule has 0 saturated heterocycles. The second-order valence-corrected chi connectivity index (χ2v) is 7.65. The molecule has 32 heavy (non-hydrogen) atoms. The molecule has 0 spiro atoms. The molecular weight excluding hydrogens is 423 g/mol. The predicted molar refractivity (Wildman–Crippen MR) is 111 cm³/mol. The maximum absolute atomic E-state index is 13.3. The molecule has 2 aromatic carbocycles. The molecule has 0 aliphatic carbocycles. The lowest BCUT2D eigenvalue weighted by molar-refractivity contribution is -0.137. The fourth-order valence-electron chi connectivity index (χ4n) is 3.70. The smallest absolute Gasteiger partial charge is 0.249 e. The molecule has 0 unspecified atom stereocenters. The van der Waals surface area contributed by atoms with E-state index in [2.05, 4.69) is 10.6 Å². The first-order chi connectivity index (χ1) is 15.2. The van der Waals surface area contributed by atoms with Gasteiger partial charge in [0.1, 0.15) is 12.1 Å². The van der Waals surface area contributed by atoms with Crippen molar-refractivity contribution in [2.24, 2.45) is 0 Å². The van der Waals surface area contributed by atoms with E-state index >= 15 is 0 Å². The molecule has 0 radical (unpaired) electrons. The van der Waals surface area contributed by atoms with Crippen molar-refractivity contribution in [1.29, 1.82) is 0 Å². The highest BCUT2D eigenvalue weighted by atomic mass is 19.2. The number of carbonyl (C=O) groups is 3. The number of carbonyl (C=O) groups excluding carboxylic acids is 3. The van der Waals surface area contributed by atoms with Gasteiger partial charge < -0.3 is 15.5 Å². The highest BCUT2D eigenvalue weighted by molar-refractivity contribution is 5.93. The average Bonchev–Trinajstić information content (AvgIpc) is 2.88. The van der Waals surface area contributed by atoms with Crippen LogP contribution in [0.3, 0.4) is 0 Å². The molecule has 0 bridgehead atoms. The van der Waals surface area contributed by atoms with Crippen molar-refractivity contribution in [3.8, 4) is 0 Å². The number of benzene rings is 2. The topological polar surface area (TPSA) is 78.5 Å². The molecule has 0 fully saturated rings. The van der Waals surface area contributed by atoms with Gasteiger partial charge in [-0.2, -0.15) is 0 Å². The van der Waals surface area contributed by atoms with Crippen molar-refractivity contribution in [2.75, 3.05) is 13.1 Å². The second kappa shape index (κ2) is 9.84. The Hall–Kier alpha value is -3.36. The average molecular weight is 447 g/mol. The molecule has 170 valence electrons. The molecule has 3 rings (SSSR count). The van der Waals surface area contributed by atoms with Crippen LogP contribution < -0.4 is 10.6 Å². The summed E-state index contributed by atoms with van der Waals surface area (Å²) in [6, 6.07) is 6.90. The van der Waals surface area contributed by atoms with Crippen molar-refractivity contribution in [3.05, 3.63) is 70.5 Å². The Morgan fingerprint density at radius 1 is 1.16 bits per heavy atom. The largest absolute Gasteiger partial charge is 0.344 e. The quantitative estimate of drug-likeness (QED) is 0.668. The Morgan fingerprint density at radius 2 is 1.81 bits per heavy atom. The summed E-state index contributed by atoms with van der Waals surface area (Å²) in [5.74, 6) is -5.91. The Bertz CT molecular complexity index is 1020. The van der Waals surface area contributed by atoms with Crippen LogP contribution in [0.25, 0.3) is 0 Å². The van der Waals surface area contributed by atoms with Gasteiger partial charge in [0.2, 0.25) is 17.7 Å². The Labute approximate surface area is 183 Å². The summed E-state index contributed by atoms with van der Waals surface area (Å²) < 4.78 is 39.8. The zero-order valence-electron chi connectivity index (χ0n) is 17.8. The number of hydrogen-bond acceptors (Lipinski definition) is 3. The lowest BCUT2D eigenvalue weighted by Crippen LogP contribution is -2.49. The van der Waals surface area contributed by atoms with Gasteiger partial charge >= 0.3 is 0 Å². The maximum Gasteiger partial charge on any atom is 0.249 e. The number of hydrogen-bond donors (Lipinski definition) is 2. The molecule has 2 atom stereocenters. The standard InChI is InChI=1S/C23H24F3N3O3/c1-3-29-9-8-15-6-4-5-7-16(15)21(23(29)32)28-22(31)13(2)27-19(30)12-14-10-17(24)20(26)18(25)11-14/h4-7,10-11,13,21H,3,8-9,12H2,1-2H3,(H,27,30)(H,28,31)/t13-,21-/m0/s1. The number of amides is 3. The van der Waals surface area contributed by atoms with E-state index in [1.165, 1.54) is 6.92 Å². The summed E-state index contributed by atoms with van der Waals surface area (Å²) in [7, 11) is 0. The van der Waals surface area contributed by atoms with Crippen LogP contribution in [0, 0.1) is 17.5 Å². The fourth-order valence-corrected chi connectivity index (χ4v) is 3.70. The molecule has 1 aliphatic heterocycles. The van der Waals surface area contributed by atoms with Crippen LogP contribution in [0.15, 0.2) is 36.4 Å². The van der Waals surface area contributed by atoms with E-state index in [0.29, 0.717) is 25.1 Å². The minimum atomic E-state index is -1.61. The molecule has 9 heteroatoms. The molecular formula is C23H24F3N3O3. The Morgan fingerprint density at radius 3 is 2.47 bits per heavy atom. The highest BCUT2D eigenvalue weighted by Crippen LogP contribution is 2.25. The van der Waals surface area contributed by atoms with Gasteiger partial charge in [-0.1, -0.05) is 24.3 Å². The molecule has 2 aromatic rings. The Balaban J connectivity index is 1.69. The van der Waals surface area contributed by atoms with Gasteiger partial charge in [0, 0.05) is 13.1 Å². The summed E-state index contributed by atoms with van der Waals surface area (Å²) in [5, 5.41) is 5.15. The lowest BCUT2D eigenvalue weighted by Gasteiger charge is -2.25. The Kier molecular flexibility index (Phi) is 7.17. The predicted octanol–water partition coefficient (Wildman–Crippen LogP) is 2.41. The van der Waals surface area contributed by atoms with E-state index in [4.69, 9.17) is 0 Å². The summed E-state index contributed by atoms with van der Waals surface area (Å²) in [6.07, 6.45) is 0.222. The SMILES string of the molecule is CCN1CCc2ccccc2[C@H](NC(=O)[C@H](C)NC(=O)Cc2cc(F)c(F)c(F)c2)C1=O. The summed E-state index contributed by atoms with van der Waals surface area (Å²) in [4.78, 5) is 39.6. The highest BCUT2D eigenvalue weighted by Gasteiger charge is 2.32. The van der Waals surface area contributed by atoms with Crippen LogP contribution in [0.1, 0.15) is 36.6 Å². The third-order valence-electron chi connectivity index (χ3n) is 5.42. The first-order valence-electron chi connectivity index (χ1n) is 10.3. The molecule has 3 amide bonds. The molecule has 0 aromatic heterocycles. The van der Waals surface area contributed by atoms with Crippen molar-refractivity contribution < 1.29 is 27.6 Å². The van der Waals surface area contributed by atoms with Gasteiger partial charge in [-0.05, 0) is 49.1 Å². The van der Waals surface area contributed by atoms with Crippen molar-refractivity contribution in [3.63, 3.8) is 0 Å². The molecule has 2 N–H and O–H groups in total. The second-order valence-electron chi connectivity index (χ2n) is 7.65. The van der Waals surface area contributed by atoms with E-state index in [0.717, 1.165) is 17.7 Å². The van der Waals surface area contributed by atoms with E-state index in [1.807, 2.05) is 19.1 Å². The third kappa shape index (κ3) is 5.09.